The molecule has 0 aromatic heterocycles. The Morgan fingerprint density at radius 2 is 1.88 bits per heavy atom. The van der Waals surface area contributed by atoms with Crippen LogP contribution in [0.3, 0.4) is 0 Å². The fourth-order valence-electron chi connectivity index (χ4n) is 3.64. The minimum Gasteiger partial charge on any atom is -0.355 e. The number of rotatable bonds is 7. The second-order valence-corrected chi connectivity index (χ2v) is 8.83. The molecule has 2 aliphatic rings. The molecule has 2 rings (SSSR count). The number of likely N-dealkylation sites (tertiary alicyclic amines) is 1. The highest BCUT2D eigenvalue weighted by Crippen LogP contribution is 2.26. The molecule has 2 heterocycles. The molecule has 152 valence electrons. The summed E-state index contributed by atoms with van der Waals surface area (Å²) >= 11 is 0. The Morgan fingerprint density at radius 3 is 2.54 bits per heavy atom. The first-order valence-corrected chi connectivity index (χ1v) is 10.8. The molecule has 0 aliphatic carbocycles. The predicted octanol–water partition coefficient (Wildman–Crippen LogP) is -0.0741. The molecule has 10 heteroatoms. The number of carbonyl (C=O) groups is 2. The van der Waals surface area contributed by atoms with E-state index in [1.807, 2.05) is 6.92 Å². The Hall–Kier alpha value is -0.900. The van der Waals surface area contributed by atoms with Gasteiger partial charge in [0.15, 0.2) is 0 Å². The maximum Gasteiger partial charge on any atom is 0.241 e. The molecule has 2 aliphatic heterocycles. The van der Waals surface area contributed by atoms with Gasteiger partial charge in [-0.15, -0.1) is 12.4 Å². The zero-order valence-corrected chi connectivity index (χ0v) is 17.0. The van der Waals surface area contributed by atoms with Gasteiger partial charge in [-0.05, 0) is 32.1 Å². The van der Waals surface area contributed by atoms with Crippen molar-refractivity contribution in [3.63, 3.8) is 0 Å². The molecule has 0 aromatic carbocycles. The summed E-state index contributed by atoms with van der Waals surface area (Å²) in [5.74, 6) is -0.411. The number of carbonyl (C=O) groups excluding carboxylic acids is 2. The first-order chi connectivity index (χ1) is 11.9. The second-order valence-electron chi connectivity index (χ2n) is 6.79. The van der Waals surface area contributed by atoms with Crippen molar-refractivity contribution in [2.75, 3.05) is 38.5 Å². The minimum atomic E-state index is -3.39. The number of hydrogen-bond acceptors (Lipinski definition) is 5. The van der Waals surface area contributed by atoms with Crippen LogP contribution in [-0.4, -0.2) is 74.0 Å². The summed E-state index contributed by atoms with van der Waals surface area (Å²) in [4.78, 5) is 26.7. The van der Waals surface area contributed by atoms with E-state index in [0.29, 0.717) is 52.0 Å². The molecule has 0 radical (unpaired) electrons. The number of nitrogens with one attached hydrogen (secondary N) is 1. The van der Waals surface area contributed by atoms with E-state index in [1.54, 1.807) is 4.90 Å². The van der Waals surface area contributed by atoms with E-state index in [0.717, 1.165) is 12.8 Å². The number of piperidine rings is 1. The topological polar surface area (TPSA) is 113 Å². The largest absolute Gasteiger partial charge is 0.355 e. The summed E-state index contributed by atoms with van der Waals surface area (Å²) < 4.78 is 26.2. The minimum absolute atomic E-state index is 0. The third-order valence-corrected chi connectivity index (χ3v) is 6.93. The van der Waals surface area contributed by atoms with Crippen LogP contribution in [0.4, 0.5) is 0 Å². The van der Waals surface area contributed by atoms with Gasteiger partial charge in [0.25, 0.3) is 0 Å². The zero-order chi connectivity index (χ0) is 18.4. The molecule has 2 fully saturated rings. The van der Waals surface area contributed by atoms with Crippen molar-refractivity contribution >= 4 is 34.2 Å². The molecule has 0 spiro atoms. The van der Waals surface area contributed by atoms with E-state index in [4.69, 9.17) is 5.73 Å². The monoisotopic (exact) mass is 410 g/mol. The van der Waals surface area contributed by atoms with E-state index in [-0.39, 0.29) is 35.9 Å². The Labute approximate surface area is 162 Å². The summed E-state index contributed by atoms with van der Waals surface area (Å²) in [6.07, 6.45) is 3.28. The van der Waals surface area contributed by atoms with E-state index < -0.39 is 16.1 Å². The highest BCUT2D eigenvalue weighted by atomic mass is 35.5. The van der Waals surface area contributed by atoms with Crippen LogP contribution in [0.25, 0.3) is 0 Å². The maximum absolute atomic E-state index is 12.9. The summed E-state index contributed by atoms with van der Waals surface area (Å²) in [5.41, 5.74) is 5.40. The molecule has 26 heavy (non-hydrogen) atoms. The summed E-state index contributed by atoms with van der Waals surface area (Å²) in [7, 11) is -3.39. The van der Waals surface area contributed by atoms with Gasteiger partial charge in [-0.25, -0.2) is 8.42 Å². The molecule has 2 unspecified atom stereocenters. The van der Waals surface area contributed by atoms with E-state index >= 15 is 0 Å². The van der Waals surface area contributed by atoms with Crippen molar-refractivity contribution in [3.8, 4) is 0 Å². The SMILES string of the molecule is CCCS(=O)(=O)N1CCCC1C(=O)N1CCCC(C(=O)NCCN)C1.Cl. The number of amides is 2. The molecule has 8 nitrogen and oxygen atoms in total. The fraction of sp³-hybridized carbons (Fsp3) is 0.875. The van der Waals surface area contributed by atoms with Gasteiger partial charge in [0.05, 0.1) is 11.7 Å². The first kappa shape index (κ1) is 23.1. The third kappa shape index (κ3) is 5.55. The smallest absolute Gasteiger partial charge is 0.241 e. The molecular formula is C16H31ClN4O4S. The third-order valence-electron chi connectivity index (χ3n) is 4.86. The van der Waals surface area contributed by atoms with Crippen molar-refractivity contribution in [1.82, 2.24) is 14.5 Å². The van der Waals surface area contributed by atoms with Gasteiger partial charge in [0.1, 0.15) is 6.04 Å². The molecule has 0 saturated carbocycles. The van der Waals surface area contributed by atoms with Crippen LogP contribution in [0, 0.1) is 5.92 Å². The lowest BCUT2D eigenvalue weighted by Crippen LogP contribution is -2.52. The van der Waals surface area contributed by atoms with E-state index in [9.17, 15) is 18.0 Å². The summed E-state index contributed by atoms with van der Waals surface area (Å²) in [6.45, 7) is 3.97. The van der Waals surface area contributed by atoms with Gasteiger partial charge in [0.2, 0.25) is 21.8 Å². The lowest BCUT2D eigenvalue weighted by molar-refractivity contribution is -0.138. The van der Waals surface area contributed by atoms with Crippen LogP contribution in [-0.2, 0) is 19.6 Å². The number of nitrogens with two attached hydrogens (primary N) is 1. The fourth-order valence-corrected chi connectivity index (χ4v) is 5.38. The number of halogens is 1. The zero-order valence-electron chi connectivity index (χ0n) is 15.4. The van der Waals surface area contributed by atoms with Gasteiger partial charge in [-0.3, -0.25) is 9.59 Å². The van der Waals surface area contributed by atoms with E-state index in [2.05, 4.69) is 5.32 Å². The van der Waals surface area contributed by atoms with Crippen molar-refractivity contribution in [1.29, 1.82) is 0 Å². The van der Waals surface area contributed by atoms with Crippen LogP contribution in [0.1, 0.15) is 39.0 Å². The average molecular weight is 411 g/mol. The van der Waals surface area contributed by atoms with Gasteiger partial charge in [-0.1, -0.05) is 6.92 Å². The van der Waals surface area contributed by atoms with Crippen molar-refractivity contribution in [2.24, 2.45) is 11.7 Å². The van der Waals surface area contributed by atoms with Crippen LogP contribution in [0.15, 0.2) is 0 Å². The van der Waals surface area contributed by atoms with Gasteiger partial charge >= 0.3 is 0 Å². The Morgan fingerprint density at radius 1 is 1.19 bits per heavy atom. The Bertz CT molecular complexity index is 587. The lowest BCUT2D eigenvalue weighted by Gasteiger charge is -2.35. The number of hydrogen-bond donors (Lipinski definition) is 2. The van der Waals surface area contributed by atoms with Crippen LogP contribution >= 0.6 is 12.4 Å². The molecule has 0 aromatic rings. The Kier molecular flexibility index (Phi) is 9.29. The van der Waals surface area contributed by atoms with Crippen LogP contribution < -0.4 is 11.1 Å². The predicted molar refractivity (Wildman–Crippen MR) is 102 cm³/mol. The van der Waals surface area contributed by atoms with Crippen molar-refractivity contribution in [2.45, 2.75) is 45.1 Å². The maximum atomic E-state index is 12.9. The molecule has 2 saturated heterocycles. The first-order valence-electron chi connectivity index (χ1n) is 9.16. The van der Waals surface area contributed by atoms with Crippen LogP contribution in [0.2, 0.25) is 0 Å². The van der Waals surface area contributed by atoms with Gasteiger partial charge in [-0.2, -0.15) is 4.31 Å². The second kappa shape index (κ2) is 10.4. The van der Waals surface area contributed by atoms with Crippen LogP contribution in [0.5, 0.6) is 0 Å². The highest BCUT2D eigenvalue weighted by molar-refractivity contribution is 7.89. The molecule has 2 amide bonds. The number of nitrogens with zero attached hydrogens (tertiary/aromatic N) is 2. The standard InChI is InChI=1S/C16H30N4O4S.ClH/c1-2-11-25(23,24)20-10-4-6-14(20)16(22)19-9-3-5-13(12-19)15(21)18-8-7-17;/h13-14H,2-12,17H2,1H3,(H,18,21);1H. The van der Waals surface area contributed by atoms with Crippen molar-refractivity contribution < 1.29 is 18.0 Å². The summed E-state index contributed by atoms with van der Waals surface area (Å²) in [6, 6.07) is -0.609. The quantitative estimate of drug-likeness (QED) is 0.609. The average Bonchev–Trinajstić information content (AvgIpc) is 3.09. The Balaban J connectivity index is 0.00000338. The molecule has 0 bridgehead atoms. The summed E-state index contributed by atoms with van der Waals surface area (Å²) in [5, 5.41) is 2.77. The lowest BCUT2D eigenvalue weighted by atomic mass is 9.96. The normalized spacial score (nSPS) is 24.2. The van der Waals surface area contributed by atoms with Gasteiger partial charge in [0, 0.05) is 32.7 Å². The van der Waals surface area contributed by atoms with Gasteiger partial charge < -0.3 is 16.0 Å². The molecule has 3 N–H and O–H groups in total. The highest BCUT2D eigenvalue weighted by Gasteiger charge is 2.41. The molecular weight excluding hydrogens is 380 g/mol. The van der Waals surface area contributed by atoms with E-state index in [1.165, 1.54) is 4.31 Å². The van der Waals surface area contributed by atoms with Crippen molar-refractivity contribution in [3.05, 3.63) is 0 Å². The number of sulfonamides is 1. The molecule has 2 atom stereocenters.